The van der Waals surface area contributed by atoms with Gasteiger partial charge in [-0.1, -0.05) is 32.9 Å². The smallest absolute Gasteiger partial charge is 0.126 e. The number of benzene rings is 1. The summed E-state index contributed by atoms with van der Waals surface area (Å²) in [7, 11) is 0. The van der Waals surface area contributed by atoms with Gasteiger partial charge in [0.2, 0.25) is 0 Å². The van der Waals surface area contributed by atoms with Crippen molar-refractivity contribution in [3.8, 4) is 0 Å². The largest absolute Gasteiger partial charge is 0.326 e. The third-order valence-electron chi connectivity index (χ3n) is 2.88. The normalized spacial score (nSPS) is 11.8. The van der Waals surface area contributed by atoms with Crippen LogP contribution in [0.4, 0.5) is 4.39 Å². The van der Waals surface area contributed by atoms with Crippen molar-refractivity contribution < 1.29 is 4.39 Å². The Morgan fingerprint density at radius 3 is 2.50 bits per heavy atom. The molecule has 1 aromatic carbocycles. The molecular weight excluding hydrogens is 177 g/mol. The molecule has 0 heterocycles. The fraction of sp³-hybridized carbons (Fsp3) is 0.500. The highest BCUT2D eigenvalue weighted by Crippen LogP contribution is 2.29. The van der Waals surface area contributed by atoms with Crippen LogP contribution in [0, 0.1) is 5.82 Å². The van der Waals surface area contributed by atoms with Crippen molar-refractivity contribution in [2.75, 3.05) is 0 Å². The Morgan fingerprint density at radius 2 is 2.00 bits per heavy atom. The Kier molecular flexibility index (Phi) is 3.27. The molecule has 1 aromatic rings. The average Bonchev–Trinajstić information content (AvgIpc) is 2.18. The van der Waals surface area contributed by atoms with Crippen LogP contribution >= 0.6 is 0 Å². The van der Waals surface area contributed by atoms with Gasteiger partial charge in [-0.15, -0.1) is 0 Å². The maximum absolute atomic E-state index is 13.5. The zero-order valence-corrected chi connectivity index (χ0v) is 9.10. The van der Waals surface area contributed by atoms with Gasteiger partial charge >= 0.3 is 0 Å². The second-order valence-corrected chi connectivity index (χ2v) is 4.26. The van der Waals surface area contributed by atoms with Crippen molar-refractivity contribution in [3.05, 3.63) is 35.1 Å². The molecule has 0 bridgehead atoms. The summed E-state index contributed by atoms with van der Waals surface area (Å²) in [6.07, 6.45) is 0.915. The number of nitrogens with two attached hydrogens (primary N) is 1. The van der Waals surface area contributed by atoms with E-state index < -0.39 is 0 Å². The Morgan fingerprint density at radius 1 is 1.36 bits per heavy atom. The molecule has 2 N–H and O–H groups in total. The van der Waals surface area contributed by atoms with E-state index in [1.165, 1.54) is 6.07 Å². The monoisotopic (exact) mass is 195 g/mol. The van der Waals surface area contributed by atoms with E-state index in [9.17, 15) is 4.39 Å². The highest BCUT2D eigenvalue weighted by atomic mass is 19.1. The molecule has 1 rings (SSSR count). The zero-order chi connectivity index (χ0) is 10.8. The van der Waals surface area contributed by atoms with Crippen LogP contribution in [-0.4, -0.2) is 0 Å². The van der Waals surface area contributed by atoms with Crippen LogP contribution in [0.2, 0.25) is 0 Å². The first kappa shape index (κ1) is 11.2. The standard InChI is InChI=1S/C12H18FN/c1-4-12(2,3)10-7-9(8-14)5-6-11(10)13/h5-7H,4,8,14H2,1-3H3. The summed E-state index contributed by atoms with van der Waals surface area (Å²) in [4.78, 5) is 0. The fourth-order valence-electron chi connectivity index (χ4n) is 1.41. The van der Waals surface area contributed by atoms with E-state index >= 15 is 0 Å². The molecule has 0 amide bonds. The highest BCUT2D eigenvalue weighted by Gasteiger charge is 2.21. The maximum atomic E-state index is 13.5. The molecule has 0 aliphatic carbocycles. The van der Waals surface area contributed by atoms with Gasteiger partial charge in [-0.3, -0.25) is 0 Å². The summed E-state index contributed by atoms with van der Waals surface area (Å²) >= 11 is 0. The van der Waals surface area contributed by atoms with Gasteiger partial charge in [-0.25, -0.2) is 4.39 Å². The van der Waals surface area contributed by atoms with E-state index in [0.717, 1.165) is 17.5 Å². The van der Waals surface area contributed by atoms with Gasteiger partial charge in [0.1, 0.15) is 5.82 Å². The van der Waals surface area contributed by atoms with Crippen LogP contribution in [0.25, 0.3) is 0 Å². The van der Waals surface area contributed by atoms with Gasteiger partial charge in [0.05, 0.1) is 0 Å². The van der Waals surface area contributed by atoms with Crippen molar-refractivity contribution >= 4 is 0 Å². The minimum Gasteiger partial charge on any atom is -0.326 e. The van der Waals surface area contributed by atoms with Crippen LogP contribution in [0.1, 0.15) is 38.3 Å². The van der Waals surface area contributed by atoms with Crippen LogP contribution in [-0.2, 0) is 12.0 Å². The third kappa shape index (κ3) is 2.13. The van der Waals surface area contributed by atoms with Crippen LogP contribution in [0.5, 0.6) is 0 Å². The molecule has 14 heavy (non-hydrogen) atoms. The average molecular weight is 195 g/mol. The highest BCUT2D eigenvalue weighted by molar-refractivity contribution is 5.30. The van der Waals surface area contributed by atoms with E-state index in [4.69, 9.17) is 5.73 Å². The van der Waals surface area contributed by atoms with E-state index in [-0.39, 0.29) is 11.2 Å². The molecule has 0 atom stereocenters. The SMILES string of the molecule is CCC(C)(C)c1cc(CN)ccc1F. The third-order valence-corrected chi connectivity index (χ3v) is 2.88. The van der Waals surface area contributed by atoms with Crippen molar-refractivity contribution in [1.82, 2.24) is 0 Å². The van der Waals surface area contributed by atoms with E-state index in [1.807, 2.05) is 19.9 Å². The lowest BCUT2D eigenvalue weighted by atomic mass is 9.81. The van der Waals surface area contributed by atoms with E-state index in [1.54, 1.807) is 6.07 Å². The molecule has 78 valence electrons. The van der Waals surface area contributed by atoms with Gasteiger partial charge in [0, 0.05) is 6.54 Å². The minimum atomic E-state index is -0.131. The molecule has 0 saturated carbocycles. The second-order valence-electron chi connectivity index (χ2n) is 4.26. The Labute approximate surface area is 85.1 Å². The molecule has 0 unspecified atom stereocenters. The fourth-order valence-corrected chi connectivity index (χ4v) is 1.41. The molecule has 0 spiro atoms. The lowest BCUT2D eigenvalue weighted by molar-refractivity contribution is 0.468. The molecule has 0 aliphatic rings. The lowest BCUT2D eigenvalue weighted by Gasteiger charge is -2.24. The number of hydrogen-bond acceptors (Lipinski definition) is 1. The Hall–Kier alpha value is -0.890. The summed E-state index contributed by atoms with van der Waals surface area (Å²) in [5, 5.41) is 0. The first-order valence-corrected chi connectivity index (χ1v) is 5.00. The molecule has 0 radical (unpaired) electrons. The van der Waals surface area contributed by atoms with Gasteiger partial charge in [0.15, 0.2) is 0 Å². The van der Waals surface area contributed by atoms with E-state index in [0.29, 0.717) is 6.54 Å². The Balaban J connectivity index is 3.18. The maximum Gasteiger partial charge on any atom is 0.126 e. The quantitative estimate of drug-likeness (QED) is 0.788. The van der Waals surface area contributed by atoms with Gasteiger partial charge < -0.3 is 5.73 Å². The van der Waals surface area contributed by atoms with Crippen LogP contribution < -0.4 is 5.73 Å². The molecule has 0 saturated heterocycles. The first-order chi connectivity index (χ1) is 6.51. The van der Waals surface area contributed by atoms with Gasteiger partial charge in [-0.05, 0) is 29.0 Å². The summed E-state index contributed by atoms with van der Waals surface area (Å²) in [6.45, 7) is 6.62. The minimum absolute atomic E-state index is 0.116. The molecule has 0 aliphatic heterocycles. The van der Waals surface area contributed by atoms with Gasteiger partial charge in [-0.2, -0.15) is 0 Å². The van der Waals surface area contributed by atoms with Crippen LogP contribution in [0.15, 0.2) is 18.2 Å². The first-order valence-electron chi connectivity index (χ1n) is 5.00. The summed E-state index contributed by atoms with van der Waals surface area (Å²) in [6, 6.07) is 5.12. The summed E-state index contributed by atoms with van der Waals surface area (Å²) in [5.41, 5.74) is 7.17. The van der Waals surface area contributed by atoms with Crippen molar-refractivity contribution in [3.63, 3.8) is 0 Å². The molecule has 0 fully saturated rings. The van der Waals surface area contributed by atoms with Crippen molar-refractivity contribution in [2.24, 2.45) is 5.73 Å². The Bertz CT molecular complexity index is 318. The number of halogens is 1. The second kappa shape index (κ2) is 4.09. The summed E-state index contributed by atoms with van der Waals surface area (Å²) < 4.78 is 13.5. The van der Waals surface area contributed by atoms with Crippen molar-refractivity contribution in [1.29, 1.82) is 0 Å². The predicted octanol–water partition coefficient (Wildman–Crippen LogP) is 2.97. The van der Waals surface area contributed by atoms with Gasteiger partial charge in [0.25, 0.3) is 0 Å². The number of rotatable bonds is 3. The number of hydrogen-bond donors (Lipinski definition) is 1. The summed E-state index contributed by atoms with van der Waals surface area (Å²) in [5.74, 6) is -0.131. The predicted molar refractivity (Wildman–Crippen MR) is 57.6 cm³/mol. The molecule has 2 heteroatoms. The molecular formula is C12H18FN. The molecule has 1 nitrogen and oxygen atoms in total. The topological polar surface area (TPSA) is 26.0 Å². The lowest BCUT2D eigenvalue weighted by Crippen LogP contribution is -2.18. The van der Waals surface area contributed by atoms with E-state index in [2.05, 4.69) is 6.92 Å². The van der Waals surface area contributed by atoms with Crippen LogP contribution in [0.3, 0.4) is 0 Å². The zero-order valence-electron chi connectivity index (χ0n) is 9.10. The molecule has 0 aromatic heterocycles. The van der Waals surface area contributed by atoms with Crippen molar-refractivity contribution in [2.45, 2.75) is 39.2 Å².